The maximum absolute atomic E-state index is 14.2. The molecule has 2 fully saturated rings. The first-order valence-corrected chi connectivity index (χ1v) is 23.4. The van der Waals surface area contributed by atoms with E-state index in [0.717, 1.165) is 25.7 Å². The summed E-state index contributed by atoms with van der Waals surface area (Å²) in [6, 6.07) is -2.07. The van der Waals surface area contributed by atoms with Gasteiger partial charge in [-0.3, -0.25) is 9.59 Å². The second-order valence-corrected chi connectivity index (χ2v) is 16.9. The van der Waals surface area contributed by atoms with Crippen LogP contribution < -0.4 is 44.7 Å². The molecule has 67 heavy (non-hydrogen) atoms. The van der Waals surface area contributed by atoms with Crippen molar-refractivity contribution in [1.82, 2.24) is 54.7 Å². The van der Waals surface area contributed by atoms with E-state index in [4.69, 9.17) is 52.8 Å². The van der Waals surface area contributed by atoms with Crippen molar-refractivity contribution < 1.29 is 41.3 Å². The number of nitrogens with two attached hydrogens (primary N) is 3. The van der Waals surface area contributed by atoms with Crippen LogP contribution in [0, 0.1) is 24.2 Å². The standard InChI is InChI=1S/C43H73N17O6.ClH/c1-6-22-64-24-26-66-27-25-65-23-13-47-41-48-42(57-18-14-55(15-19-57)39(62)36(11-9-10-12-44)59-29-35(52-53-59)37(46)31(4)7-2)50-43(49-41)58-20-16-56(17-21-58)40(63)38(32(5)8-3)60-28-34(51-54-60)33(45)30-61;/h1,28-29,31-33,36-38,61H,7-27,30,44-46H2,2-5H3,(H,47,48,49,50);1H/p-1. The summed E-state index contributed by atoms with van der Waals surface area (Å²) in [5.41, 5.74) is 19.4. The van der Waals surface area contributed by atoms with Crippen LogP contribution in [0.4, 0.5) is 17.8 Å². The molecule has 6 unspecified atom stereocenters. The van der Waals surface area contributed by atoms with Crippen LogP contribution in [0.5, 0.6) is 0 Å². The van der Waals surface area contributed by atoms with Crippen LogP contribution >= 0.6 is 0 Å². The molecular weight excluding hydrogens is 886 g/mol. The maximum atomic E-state index is 14.2. The lowest BCUT2D eigenvalue weighted by Gasteiger charge is -2.38. The van der Waals surface area contributed by atoms with Crippen molar-refractivity contribution in [3.05, 3.63) is 23.8 Å². The number of hydrogen-bond acceptors (Lipinski definition) is 19. The minimum absolute atomic E-state index is 0. The van der Waals surface area contributed by atoms with Crippen LogP contribution in [0.3, 0.4) is 0 Å². The third kappa shape index (κ3) is 15.6. The highest BCUT2D eigenvalue weighted by atomic mass is 35.5. The fourth-order valence-corrected chi connectivity index (χ4v) is 7.70. The van der Waals surface area contributed by atoms with Crippen molar-refractivity contribution in [2.75, 3.05) is 127 Å². The Morgan fingerprint density at radius 1 is 0.776 bits per heavy atom. The number of nitrogens with zero attached hydrogens (tertiary/aromatic N) is 13. The van der Waals surface area contributed by atoms with Crippen LogP contribution in [-0.2, 0) is 23.8 Å². The summed E-state index contributed by atoms with van der Waals surface area (Å²) in [5.74, 6) is 3.86. The minimum atomic E-state index is -0.684. The highest BCUT2D eigenvalue weighted by Gasteiger charge is 2.35. The number of ether oxygens (including phenoxy) is 3. The number of aliphatic hydroxyl groups is 1. The monoisotopic (exact) mass is 959 g/mol. The summed E-state index contributed by atoms with van der Waals surface area (Å²) < 4.78 is 19.8. The maximum Gasteiger partial charge on any atom is 0.247 e. The van der Waals surface area contributed by atoms with E-state index in [1.54, 1.807) is 15.6 Å². The Labute approximate surface area is 400 Å². The number of nitrogens with one attached hydrogen (secondary N) is 1. The molecule has 0 aliphatic carbocycles. The number of aromatic nitrogens is 9. The molecule has 374 valence electrons. The van der Waals surface area contributed by atoms with Crippen LogP contribution in [0.2, 0.25) is 0 Å². The Bertz CT molecular complexity index is 1950. The Balaban J connectivity index is 0.00000980. The van der Waals surface area contributed by atoms with Gasteiger partial charge in [0.15, 0.2) is 0 Å². The summed E-state index contributed by atoms with van der Waals surface area (Å²) in [6.45, 7) is 14.9. The highest BCUT2D eigenvalue weighted by molar-refractivity contribution is 5.81. The lowest BCUT2D eigenvalue weighted by atomic mass is 9.97. The summed E-state index contributed by atoms with van der Waals surface area (Å²) in [7, 11) is 0. The molecule has 0 aromatic carbocycles. The molecule has 8 N–H and O–H groups in total. The van der Waals surface area contributed by atoms with Gasteiger partial charge in [-0.15, -0.1) is 16.6 Å². The van der Waals surface area contributed by atoms with Gasteiger partial charge in [0.25, 0.3) is 0 Å². The quantitative estimate of drug-likeness (QED) is 0.0362. The summed E-state index contributed by atoms with van der Waals surface area (Å²) in [6.07, 6.45) is 12.5. The van der Waals surface area contributed by atoms with Crippen LogP contribution in [0.25, 0.3) is 0 Å². The van der Waals surface area contributed by atoms with Gasteiger partial charge in [0.1, 0.15) is 24.4 Å². The first kappa shape index (κ1) is 54.8. The fourth-order valence-electron chi connectivity index (χ4n) is 7.70. The Morgan fingerprint density at radius 3 is 1.91 bits per heavy atom. The number of amides is 2. The van der Waals surface area contributed by atoms with Gasteiger partial charge in [-0.25, -0.2) is 9.36 Å². The molecule has 5 heterocycles. The zero-order valence-corrected chi connectivity index (χ0v) is 40.4. The molecule has 0 saturated carbocycles. The van der Waals surface area contributed by atoms with E-state index in [2.05, 4.69) is 55.5 Å². The van der Waals surface area contributed by atoms with Crippen molar-refractivity contribution in [1.29, 1.82) is 0 Å². The molecule has 2 amide bonds. The molecule has 6 atom stereocenters. The predicted molar refractivity (Wildman–Crippen MR) is 248 cm³/mol. The van der Waals surface area contributed by atoms with Crippen LogP contribution in [-0.4, -0.2) is 183 Å². The number of carbonyl (C=O) groups is 2. The average molecular weight is 960 g/mol. The fraction of sp³-hybridized carbons (Fsp3) is 0.744. The van der Waals surface area contributed by atoms with Gasteiger partial charge in [0, 0.05) is 58.9 Å². The Morgan fingerprint density at radius 2 is 1.33 bits per heavy atom. The number of piperazine rings is 2. The van der Waals surface area contributed by atoms with E-state index in [-0.39, 0.29) is 55.3 Å². The molecule has 0 spiro atoms. The van der Waals surface area contributed by atoms with Gasteiger partial charge in [-0.1, -0.05) is 56.9 Å². The van der Waals surface area contributed by atoms with Crippen molar-refractivity contribution in [2.24, 2.45) is 29.0 Å². The van der Waals surface area contributed by atoms with Crippen LogP contribution in [0.15, 0.2) is 12.4 Å². The Kier molecular flexibility index (Phi) is 23.3. The molecular formula is C43H73ClN17O6-. The van der Waals surface area contributed by atoms with Gasteiger partial charge in [0.2, 0.25) is 29.7 Å². The second kappa shape index (κ2) is 28.5. The van der Waals surface area contributed by atoms with Crippen molar-refractivity contribution in [3.63, 3.8) is 0 Å². The molecule has 2 aliphatic heterocycles. The summed E-state index contributed by atoms with van der Waals surface area (Å²) >= 11 is 0. The van der Waals surface area contributed by atoms with E-state index < -0.39 is 18.1 Å². The topological polar surface area (TPSA) is 285 Å². The molecule has 24 heteroatoms. The van der Waals surface area contributed by atoms with Gasteiger partial charge in [0.05, 0.1) is 69.8 Å². The zero-order chi connectivity index (χ0) is 47.4. The Hall–Kier alpha value is -4.80. The predicted octanol–water partition coefficient (Wildman–Crippen LogP) is -2.85. The zero-order valence-electron chi connectivity index (χ0n) is 39.7. The van der Waals surface area contributed by atoms with Crippen molar-refractivity contribution in [2.45, 2.75) is 84.0 Å². The molecule has 3 aromatic heterocycles. The third-order valence-electron chi connectivity index (χ3n) is 12.3. The number of hydrogen-bond donors (Lipinski definition) is 5. The van der Waals surface area contributed by atoms with Gasteiger partial charge in [-0.2, -0.15) is 15.0 Å². The summed E-state index contributed by atoms with van der Waals surface area (Å²) in [5, 5.41) is 30.0. The molecule has 0 bridgehead atoms. The number of unbranched alkanes of at least 4 members (excludes halogenated alkanes) is 1. The summed E-state index contributed by atoms with van der Waals surface area (Å²) in [4.78, 5) is 50.8. The molecule has 2 aliphatic rings. The molecule has 3 aromatic rings. The highest BCUT2D eigenvalue weighted by Crippen LogP contribution is 2.27. The van der Waals surface area contributed by atoms with Gasteiger partial charge < -0.3 is 73.8 Å². The largest absolute Gasteiger partial charge is 1.00 e. The van der Waals surface area contributed by atoms with E-state index in [0.29, 0.717) is 134 Å². The van der Waals surface area contributed by atoms with Crippen LogP contribution in [0.1, 0.15) is 95.4 Å². The van der Waals surface area contributed by atoms with Gasteiger partial charge >= 0.3 is 0 Å². The first-order chi connectivity index (χ1) is 32.0. The number of rotatable bonds is 28. The second-order valence-electron chi connectivity index (χ2n) is 16.9. The van der Waals surface area contributed by atoms with Crippen molar-refractivity contribution >= 4 is 29.7 Å². The van der Waals surface area contributed by atoms with E-state index in [1.807, 2.05) is 29.8 Å². The third-order valence-corrected chi connectivity index (χ3v) is 12.3. The SMILES string of the molecule is C#CCOCCOCCOCCNc1nc(N2CCN(C(=O)C(CCCCN)n3cc(C(N)C(C)CC)nn3)CC2)nc(N2CCN(C(=O)C(C(C)CC)n3cc(C(N)CO)nn3)CC2)n1.[Cl-]. The number of anilines is 3. The number of terminal acetylenes is 1. The lowest BCUT2D eigenvalue weighted by molar-refractivity contribution is -0.137. The normalized spacial score (nSPS) is 17.0. The molecule has 5 rings (SSSR count). The van der Waals surface area contributed by atoms with Gasteiger partial charge in [-0.05, 0) is 37.6 Å². The smallest absolute Gasteiger partial charge is 0.247 e. The van der Waals surface area contributed by atoms with E-state index in [9.17, 15) is 14.7 Å². The van der Waals surface area contributed by atoms with E-state index in [1.165, 1.54) is 0 Å². The lowest BCUT2D eigenvalue weighted by Crippen LogP contribution is -3.00. The number of carbonyl (C=O) groups excluding carboxylic acids is 2. The van der Waals surface area contributed by atoms with E-state index >= 15 is 0 Å². The minimum Gasteiger partial charge on any atom is -1.00 e. The molecule has 23 nitrogen and oxygen atoms in total. The number of halogens is 1. The average Bonchev–Trinajstić information content (AvgIpc) is 4.05. The molecule has 2 saturated heterocycles. The molecule has 0 radical (unpaired) electrons. The number of aliphatic hydroxyl groups excluding tert-OH is 1. The van der Waals surface area contributed by atoms with Crippen molar-refractivity contribution in [3.8, 4) is 12.3 Å². The first-order valence-electron chi connectivity index (χ1n) is 23.4.